The zero-order valence-electron chi connectivity index (χ0n) is 11.8. The fourth-order valence-corrected chi connectivity index (χ4v) is 5.12. The standard InChI is InChI=1S/C18H21Si/c1-15(2)16(3)14-19(17-10-6-4-7-11-17)18-12-8-5-9-13-18/h4-13,16H,1,14H2,2-3H3. The van der Waals surface area contributed by atoms with Crippen LogP contribution < -0.4 is 10.4 Å². The van der Waals surface area contributed by atoms with Gasteiger partial charge in [-0.1, -0.05) is 90.1 Å². The molecule has 19 heavy (non-hydrogen) atoms. The molecule has 97 valence electrons. The van der Waals surface area contributed by atoms with Crippen LogP contribution in [-0.2, 0) is 0 Å². The van der Waals surface area contributed by atoms with E-state index in [4.69, 9.17) is 0 Å². The maximum Gasteiger partial charge on any atom is 0.121 e. The molecule has 0 fully saturated rings. The highest BCUT2D eigenvalue weighted by Gasteiger charge is 2.19. The van der Waals surface area contributed by atoms with E-state index in [1.807, 2.05) is 0 Å². The first-order valence-corrected chi connectivity index (χ1v) is 8.51. The molecule has 1 radical (unpaired) electrons. The van der Waals surface area contributed by atoms with Crippen LogP contribution in [0.2, 0.25) is 6.04 Å². The van der Waals surface area contributed by atoms with E-state index in [-0.39, 0.29) is 0 Å². The molecule has 0 amide bonds. The Morgan fingerprint density at radius 1 is 0.947 bits per heavy atom. The largest absolute Gasteiger partial charge is 0.121 e. The molecule has 0 aromatic heterocycles. The quantitative estimate of drug-likeness (QED) is 0.573. The Hall–Kier alpha value is -1.60. The SMILES string of the molecule is C=C(C)C(C)C[Si](c1ccccc1)c1ccccc1. The summed E-state index contributed by atoms with van der Waals surface area (Å²) < 4.78 is 0. The van der Waals surface area contributed by atoms with Gasteiger partial charge >= 0.3 is 0 Å². The third-order valence-corrected chi connectivity index (χ3v) is 6.68. The molecule has 0 N–H and O–H groups in total. The molecular weight excluding hydrogens is 244 g/mol. The highest BCUT2D eigenvalue weighted by Crippen LogP contribution is 2.15. The second-order valence-electron chi connectivity index (χ2n) is 5.16. The molecule has 0 nitrogen and oxygen atoms in total. The molecule has 0 saturated heterocycles. The predicted molar refractivity (Wildman–Crippen MR) is 86.7 cm³/mol. The van der Waals surface area contributed by atoms with Crippen molar-refractivity contribution in [3.63, 3.8) is 0 Å². The van der Waals surface area contributed by atoms with E-state index in [0.29, 0.717) is 5.92 Å². The average Bonchev–Trinajstić information content (AvgIpc) is 2.46. The van der Waals surface area contributed by atoms with Gasteiger partial charge in [0.15, 0.2) is 0 Å². The lowest BCUT2D eigenvalue weighted by atomic mass is 10.1. The maximum absolute atomic E-state index is 4.11. The van der Waals surface area contributed by atoms with Crippen molar-refractivity contribution in [1.82, 2.24) is 0 Å². The van der Waals surface area contributed by atoms with E-state index < -0.39 is 8.80 Å². The second kappa shape index (κ2) is 6.53. The van der Waals surface area contributed by atoms with Crippen LogP contribution in [0.15, 0.2) is 72.8 Å². The van der Waals surface area contributed by atoms with Crippen molar-refractivity contribution < 1.29 is 0 Å². The first-order valence-electron chi connectivity index (χ1n) is 6.80. The fraction of sp³-hybridized carbons (Fsp3) is 0.222. The van der Waals surface area contributed by atoms with Crippen LogP contribution in [0.3, 0.4) is 0 Å². The lowest BCUT2D eigenvalue weighted by Gasteiger charge is -2.20. The lowest BCUT2D eigenvalue weighted by molar-refractivity contribution is 0.766. The number of rotatable bonds is 5. The molecule has 0 saturated carbocycles. The molecule has 0 aliphatic heterocycles. The van der Waals surface area contributed by atoms with Crippen LogP contribution in [0.4, 0.5) is 0 Å². The van der Waals surface area contributed by atoms with Crippen LogP contribution in [0.1, 0.15) is 13.8 Å². The molecule has 2 rings (SSSR count). The van der Waals surface area contributed by atoms with Gasteiger partial charge in [-0.25, -0.2) is 0 Å². The third kappa shape index (κ3) is 3.68. The molecule has 1 atom stereocenters. The Morgan fingerprint density at radius 2 is 1.37 bits per heavy atom. The molecule has 2 aromatic rings. The van der Waals surface area contributed by atoms with Crippen molar-refractivity contribution in [2.45, 2.75) is 19.9 Å². The molecule has 1 heteroatoms. The first-order chi connectivity index (χ1) is 9.18. The Bertz CT molecular complexity index is 476. The lowest BCUT2D eigenvalue weighted by Crippen LogP contribution is -2.43. The van der Waals surface area contributed by atoms with E-state index >= 15 is 0 Å². The summed E-state index contributed by atoms with van der Waals surface area (Å²) in [5.41, 5.74) is 1.29. The predicted octanol–water partition coefficient (Wildman–Crippen LogP) is 3.51. The van der Waals surface area contributed by atoms with E-state index in [1.165, 1.54) is 22.0 Å². The van der Waals surface area contributed by atoms with Gasteiger partial charge in [0.25, 0.3) is 0 Å². The summed E-state index contributed by atoms with van der Waals surface area (Å²) in [5, 5.41) is 2.98. The molecule has 0 bridgehead atoms. The fourth-order valence-electron chi connectivity index (χ4n) is 2.16. The molecule has 0 aliphatic rings. The molecular formula is C18H21Si. The zero-order chi connectivity index (χ0) is 13.7. The van der Waals surface area contributed by atoms with Gasteiger partial charge in [0.05, 0.1) is 0 Å². The highest BCUT2D eigenvalue weighted by molar-refractivity contribution is 6.85. The minimum Gasteiger partial charge on any atom is -0.0999 e. The van der Waals surface area contributed by atoms with E-state index in [2.05, 4.69) is 81.1 Å². The Kier molecular flexibility index (Phi) is 4.75. The summed E-state index contributed by atoms with van der Waals surface area (Å²) in [4.78, 5) is 0. The van der Waals surface area contributed by atoms with Gasteiger partial charge < -0.3 is 0 Å². The van der Waals surface area contributed by atoms with E-state index in [0.717, 1.165) is 0 Å². The molecule has 2 aromatic carbocycles. The summed E-state index contributed by atoms with van der Waals surface area (Å²) in [5.74, 6) is 0.578. The van der Waals surface area contributed by atoms with Crippen LogP contribution in [0, 0.1) is 5.92 Å². The highest BCUT2D eigenvalue weighted by atomic mass is 28.3. The summed E-state index contributed by atoms with van der Waals surface area (Å²) in [6.45, 7) is 8.54. The molecule has 0 aliphatic carbocycles. The number of allylic oxidation sites excluding steroid dienone is 1. The Morgan fingerprint density at radius 3 is 1.74 bits per heavy atom. The smallest absolute Gasteiger partial charge is 0.0999 e. The van der Waals surface area contributed by atoms with Crippen LogP contribution >= 0.6 is 0 Å². The Balaban J connectivity index is 2.32. The maximum atomic E-state index is 4.11. The number of benzene rings is 2. The van der Waals surface area contributed by atoms with E-state index in [9.17, 15) is 0 Å². The van der Waals surface area contributed by atoms with Crippen molar-refractivity contribution in [2.24, 2.45) is 5.92 Å². The van der Waals surface area contributed by atoms with Crippen molar-refractivity contribution in [1.29, 1.82) is 0 Å². The number of hydrogen-bond acceptors (Lipinski definition) is 0. The Labute approximate surface area is 118 Å². The van der Waals surface area contributed by atoms with Crippen molar-refractivity contribution in [3.8, 4) is 0 Å². The topological polar surface area (TPSA) is 0 Å². The second-order valence-corrected chi connectivity index (χ2v) is 7.68. The zero-order valence-corrected chi connectivity index (χ0v) is 12.8. The minimum absolute atomic E-state index is 0.578. The van der Waals surface area contributed by atoms with Crippen LogP contribution in [0.25, 0.3) is 0 Å². The summed E-state index contributed by atoms with van der Waals surface area (Å²) in [7, 11) is -0.704. The van der Waals surface area contributed by atoms with Gasteiger partial charge in [-0.2, -0.15) is 0 Å². The van der Waals surface area contributed by atoms with E-state index in [1.54, 1.807) is 0 Å². The third-order valence-electron chi connectivity index (χ3n) is 3.60. The summed E-state index contributed by atoms with van der Waals surface area (Å²) >= 11 is 0. The minimum atomic E-state index is -0.704. The molecule has 0 spiro atoms. The van der Waals surface area contributed by atoms with Crippen LogP contribution in [0.5, 0.6) is 0 Å². The van der Waals surface area contributed by atoms with Crippen LogP contribution in [-0.4, -0.2) is 8.80 Å². The summed E-state index contributed by atoms with van der Waals surface area (Å²) in [6, 6.07) is 23.1. The van der Waals surface area contributed by atoms with Gasteiger partial charge in [-0.3, -0.25) is 0 Å². The van der Waals surface area contributed by atoms with Gasteiger partial charge in [0, 0.05) is 0 Å². The van der Waals surface area contributed by atoms with Crippen molar-refractivity contribution in [2.75, 3.05) is 0 Å². The molecule has 0 heterocycles. The van der Waals surface area contributed by atoms with Crippen molar-refractivity contribution >= 4 is 19.2 Å². The normalized spacial score (nSPS) is 12.4. The van der Waals surface area contributed by atoms with Crippen molar-refractivity contribution in [3.05, 3.63) is 72.8 Å². The number of hydrogen-bond donors (Lipinski definition) is 0. The average molecular weight is 265 g/mol. The molecule has 1 unspecified atom stereocenters. The summed E-state index contributed by atoms with van der Waals surface area (Å²) in [6.07, 6.45) is 0. The van der Waals surface area contributed by atoms with Gasteiger partial charge in [0.1, 0.15) is 8.80 Å². The first kappa shape index (κ1) is 13.8. The van der Waals surface area contributed by atoms with Gasteiger partial charge in [-0.15, -0.1) is 0 Å². The monoisotopic (exact) mass is 265 g/mol. The van der Waals surface area contributed by atoms with Gasteiger partial charge in [-0.05, 0) is 18.9 Å². The van der Waals surface area contributed by atoms with Gasteiger partial charge in [0.2, 0.25) is 0 Å².